The van der Waals surface area contributed by atoms with E-state index in [-0.39, 0.29) is 11.8 Å². The van der Waals surface area contributed by atoms with Crippen molar-refractivity contribution >= 4 is 27.7 Å². The van der Waals surface area contributed by atoms with Gasteiger partial charge >= 0.3 is 0 Å². The lowest BCUT2D eigenvalue weighted by atomic mass is 10.3. The number of aromatic nitrogens is 1. The van der Waals surface area contributed by atoms with Gasteiger partial charge in [-0.1, -0.05) is 0 Å². The molecule has 6 heteroatoms. The molecule has 2 N–H and O–H groups in total. The minimum atomic E-state index is -0.510. The van der Waals surface area contributed by atoms with Gasteiger partial charge in [-0.15, -0.1) is 0 Å². The number of nitrogens with one attached hydrogen (secondary N) is 2. The van der Waals surface area contributed by atoms with Crippen LogP contribution in [0.15, 0.2) is 16.7 Å². The highest BCUT2D eigenvalue weighted by Gasteiger charge is 2.30. The van der Waals surface area contributed by atoms with E-state index >= 15 is 0 Å². The maximum absolute atomic E-state index is 12.3. The van der Waals surface area contributed by atoms with Crippen molar-refractivity contribution in [1.82, 2.24) is 15.2 Å². The SMILES string of the molecule is CC(NC(=O)c1cc(Br)cn1C1CC1)C(=O)NC1CC1. The second kappa shape index (κ2) is 5.24. The van der Waals surface area contributed by atoms with E-state index in [0.717, 1.165) is 30.2 Å². The average Bonchev–Trinajstić information content (AvgIpc) is 3.29. The van der Waals surface area contributed by atoms with E-state index in [1.54, 1.807) is 13.0 Å². The van der Waals surface area contributed by atoms with Crippen LogP contribution in [0, 0.1) is 0 Å². The number of amides is 2. The molecule has 108 valence electrons. The molecule has 0 aromatic carbocycles. The highest BCUT2D eigenvalue weighted by molar-refractivity contribution is 9.10. The quantitative estimate of drug-likeness (QED) is 0.861. The normalized spacial score (nSPS) is 19.5. The molecule has 0 saturated heterocycles. The zero-order valence-electron chi connectivity index (χ0n) is 11.4. The van der Waals surface area contributed by atoms with E-state index in [1.807, 2.05) is 10.8 Å². The second-order valence-corrected chi connectivity index (χ2v) is 6.58. The van der Waals surface area contributed by atoms with E-state index in [1.165, 1.54) is 0 Å². The van der Waals surface area contributed by atoms with E-state index in [4.69, 9.17) is 0 Å². The molecule has 1 unspecified atom stereocenters. The fourth-order valence-electron chi connectivity index (χ4n) is 2.17. The van der Waals surface area contributed by atoms with Crippen molar-refractivity contribution in [2.24, 2.45) is 0 Å². The number of hydrogen-bond donors (Lipinski definition) is 2. The largest absolute Gasteiger partial charge is 0.352 e. The van der Waals surface area contributed by atoms with Crippen LogP contribution in [0.5, 0.6) is 0 Å². The van der Waals surface area contributed by atoms with Crippen molar-refractivity contribution in [3.8, 4) is 0 Å². The molecule has 0 radical (unpaired) electrons. The Morgan fingerprint density at radius 1 is 1.35 bits per heavy atom. The van der Waals surface area contributed by atoms with Gasteiger partial charge in [0.1, 0.15) is 11.7 Å². The Morgan fingerprint density at radius 3 is 2.65 bits per heavy atom. The fraction of sp³-hybridized carbons (Fsp3) is 0.571. The highest BCUT2D eigenvalue weighted by Crippen LogP contribution is 2.37. The van der Waals surface area contributed by atoms with Crippen LogP contribution in [0.4, 0.5) is 0 Å². The van der Waals surface area contributed by atoms with E-state index in [0.29, 0.717) is 17.8 Å². The maximum atomic E-state index is 12.3. The molecule has 20 heavy (non-hydrogen) atoms. The third kappa shape index (κ3) is 3.06. The summed E-state index contributed by atoms with van der Waals surface area (Å²) < 4.78 is 2.88. The number of halogens is 1. The standard InChI is InChI=1S/C14H18BrN3O2/c1-8(13(19)17-10-2-3-10)16-14(20)12-6-9(15)7-18(12)11-4-5-11/h6-8,10-11H,2-5H2,1H3,(H,16,20)(H,17,19). The van der Waals surface area contributed by atoms with Gasteiger partial charge in [-0.3, -0.25) is 9.59 Å². The summed E-state index contributed by atoms with van der Waals surface area (Å²) in [6, 6.07) is 2.03. The molecule has 2 aliphatic carbocycles. The van der Waals surface area contributed by atoms with Gasteiger partial charge in [-0.25, -0.2) is 0 Å². The summed E-state index contributed by atoms with van der Waals surface area (Å²) in [5.41, 5.74) is 0.616. The van der Waals surface area contributed by atoms with Gasteiger partial charge in [0.25, 0.3) is 5.91 Å². The molecular formula is C14H18BrN3O2. The Labute approximate surface area is 126 Å². The first-order valence-electron chi connectivity index (χ1n) is 7.03. The highest BCUT2D eigenvalue weighted by atomic mass is 79.9. The molecule has 1 heterocycles. The van der Waals surface area contributed by atoms with Crippen molar-refractivity contribution < 1.29 is 9.59 Å². The Morgan fingerprint density at radius 2 is 2.05 bits per heavy atom. The molecule has 0 bridgehead atoms. The molecule has 5 nitrogen and oxygen atoms in total. The molecule has 1 atom stereocenters. The molecule has 0 spiro atoms. The number of nitrogens with zero attached hydrogens (tertiary/aromatic N) is 1. The Balaban J connectivity index is 1.64. The van der Waals surface area contributed by atoms with Crippen LogP contribution in [0.25, 0.3) is 0 Å². The summed E-state index contributed by atoms with van der Waals surface area (Å²) in [5.74, 6) is -0.300. The zero-order valence-corrected chi connectivity index (χ0v) is 12.9. The van der Waals surface area contributed by atoms with Crippen LogP contribution in [-0.2, 0) is 4.79 Å². The molecule has 1 aromatic rings. The Bertz CT molecular complexity index is 547. The van der Waals surface area contributed by atoms with Crippen molar-refractivity contribution in [3.05, 3.63) is 22.4 Å². The van der Waals surface area contributed by atoms with Gasteiger partial charge in [0, 0.05) is 22.8 Å². The monoisotopic (exact) mass is 339 g/mol. The van der Waals surface area contributed by atoms with Gasteiger partial charge in [0.2, 0.25) is 5.91 Å². The van der Waals surface area contributed by atoms with Crippen molar-refractivity contribution in [2.75, 3.05) is 0 Å². The summed E-state index contributed by atoms with van der Waals surface area (Å²) >= 11 is 3.40. The molecule has 2 amide bonds. The van der Waals surface area contributed by atoms with Gasteiger partial charge in [-0.2, -0.15) is 0 Å². The van der Waals surface area contributed by atoms with Crippen molar-refractivity contribution in [1.29, 1.82) is 0 Å². The van der Waals surface area contributed by atoms with E-state index < -0.39 is 6.04 Å². The molecular weight excluding hydrogens is 322 g/mol. The summed E-state index contributed by atoms with van der Waals surface area (Å²) in [7, 11) is 0. The predicted octanol–water partition coefficient (Wildman–Crippen LogP) is 1.98. The minimum Gasteiger partial charge on any atom is -0.352 e. The van der Waals surface area contributed by atoms with Crippen LogP contribution in [0.1, 0.15) is 49.1 Å². The third-order valence-electron chi connectivity index (χ3n) is 3.65. The predicted molar refractivity (Wildman–Crippen MR) is 78.5 cm³/mol. The van der Waals surface area contributed by atoms with Gasteiger partial charge in [0.15, 0.2) is 0 Å². The van der Waals surface area contributed by atoms with Crippen LogP contribution in [0.3, 0.4) is 0 Å². The molecule has 2 saturated carbocycles. The van der Waals surface area contributed by atoms with Crippen LogP contribution in [-0.4, -0.2) is 28.5 Å². The molecule has 2 aliphatic rings. The lowest BCUT2D eigenvalue weighted by Crippen LogP contribution is -2.45. The van der Waals surface area contributed by atoms with Crippen LogP contribution >= 0.6 is 15.9 Å². The Kier molecular flexibility index (Phi) is 3.58. The first-order valence-corrected chi connectivity index (χ1v) is 7.82. The topological polar surface area (TPSA) is 63.1 Å². The van der Waals surface area contributed by atoms with Gasteiger partial charge < -0.3 is 15.2 Å². The summed E-state index contributed by atoms with van der Waals surface area (Å²) in [4.78, 5) is 24.1. The van der Waals surface area contributed by atoms with E-state index in [9.17, 15) is 9.59 Å². The minimum absolute atomic E-state index is 0.107. The van der Waals surface area contributed by atoms with Gasteiger partial charge in [-0.05, 0) is 54.6 Å². The lowest BCUT2D eigenvalue weighted by Gasteiger charge is -2.14. The molecule has 1 aromatic heterocycles. The van der Waals surface area contributed by atoms with Crippen LogP contribution in [0.2, 0.25) is 0 Å². The van der Waals surface area contributed by atoms with Gasteiger partial charge in [0.05, 0.1) is 0 Å². The fourth-order valence-corrected chi connectivity index (χ4v) is 2.61. The lowest BCUT2D eigenvalue weighted by molar-refractivity contribution is -0.122. The Hall–Kier alpha value is -1.30. The molecule has 0 aliphatic heterocycles. The smallest absolute Gasteiger partial charge is 0.268 e. The van der Waals surface area contributed by atoms with Crippen LogP contribution < -0.4 is 10.6 Å². The summed E-state index contributed by atoms with van der Waals surface area (Å²) in [5, 5.41) is 5.67. The number of carbonyl (C=O) groups is 2. The molecule has 3 rings (SSSR count). The van der Waals surface area contributed by atoms with E-state index in [2.05, 4.69) is 26.6 Å². The second-order valence-electron chi connectivity index (χ2n) is 5.66. The molecule has 2 fully saturated rings. The third-order valence-corrected chi connectivity index (χ3v) is 4.09. The summed E-state index contributed by atoms with van der Waals surface area (Å²) in [6.07, 6.45) is 6.24. The average molecular weight is 340 g/mol. The first-order chi connectivity index (χ1) is 9.54. The van der Waals surface area contributed by atoms with Crippen molar-refractivity contribution in [3.63, 3.8) is 0 Å². The number of hydrogen-bond acceptors (Lipinski definition) is 2. The summed E-state index contributed by atoms with van der Waals surface area (Å²) in [6.45, 7) is 1.72. The van der Waals surface area contributed by atoms with Crippen molar-refractivity contribution in [2.45, 2.75) is 50.7 Å². The zero-order chi connectivity index (χ0) is 14.3. The maximum Gasteiger partial charge on any atom is 0.268 e. The number of carbonyl (C=O) groups excluding carboxylic acids is 2. The number of rotatable bonds is 5. The first kappa shape index (κ1) is 13.7.